The molecule has 0 unspecified atom stereocenters. The van der Waals surface area contributed by atoms with Crippen LogP contribution in [-0.2, 0) is 9.59 Å². The van der Waals surface area contributed by atoms with Crippen LogP contribution in [0.15, 0.2) is 10.3 Å². The standard InChI is InChI=1S/C12H13N3O3S3/c1-6(2)13-11-14-7(5-20-11)3-8-10(18)15(4-9(16)17)12(19)21-8/h3,5-6H,4H2,1-2H3,(H,13,14)(H,16,17)/b8-3-. The summed E-state index contributed by atoms with van der Waals surface area (Å²) >= 11 is 7.56. The number of nitrogens with zero attached hydrogens (tertiary/aromatic N) is 2. The number of carbonyl (C=O) groups excluding carboxylic acids is 1. The summed E-state index contributed by atoms with van der Waals surface area (Å²) < 4.78 is 0.254. The number of aromatic nitrogens is 1. The molecule has 6 nitrogen and oxygen atoms in total. The van der Waals surface area contributed by atoms with E-state index in [1.807, 2.05) is 19.2 Å². The number of thiocarbonyl (C=S) groups is 1. The second-order valence-corrected chi connectivity index (χ2v) is 7.07. The van der Waals surface area contributed by atoms with Crippen molar-refractivity contribution in [1.29, 1.82) is 0 Å². The monoisotopic (exact) mass is 343 g/mol. The van der Waals surface area contributed by atoms with E-state index in [0.29, 0.717) is 10.6 Å². The first-order chi connectivity index (χ1) is 9.86. The molecule has 1 aromatic heterocycles. The molecule has 112 valence electrons. The van der Waals surface area contributed by atoms with Gasteiger partial charge in [-0.1, -0.05) is 24.0 Å². The molecule has 0 atom stereocenters. The number of rotatable bonds is 5. The van der Waals surface area contributed by atoms with E-state index in [4.69, 9.17) is 17.3 Å². The predicted molar refractivity (Wildman–Crippen MR) is 88.4 cm³/mol. The molecule has 0 saturated carbocycles. The van der Waals surface area contributed by atoms with Crippen LogP contribution in [0.5, 0.6) is 0 Å². The number of anilines is 1. The van der Waals surface area contributed by atoms with Gasteiger partial charge < -0.3 is 10.4 Å². The quantitative estimate of drug-likeness (QED) is 0.627. The number of hydrogen-bond acceptors (Lipinski definition) is 7. The second-order valence-electron chi connectivity index (χ2n) is 4.54. The number of hydrogen-bond donors (Lipinski definition) is 2. The van der Waals surface area contributed by atoms with Gasteiger partial charge >= 0.3 is 5.97 Å². The van der Waals surface area contributed by atoms with Crippen molar-refractivity contribution < 1.29 is 14.7 Å². The molecule has 21 heavy (non-hydrogen) atoms. The summed E-state index contributed by atoms with van der Waals surface area (Å²) in [7, 11) is 0. The Balaban J connectivity index is 2.14. The third kappa shape index (κ3) is 4.02. The predicted octanol–water partition coefficient (Wildman–Crippen LogP) is 2.25. The molecule has 0 spiro atoms. The van der Waals surface area contributed by atoms with Crippen molar-refractivity contribution in [3.8, 4) is 0 Å². The Morgan fingerprint density at radius 3 is 2.95 bits per heavy atom. The number of thiazole rings is 1. The molecular weight excluding hydrogens is 330 g/mol. The van der Waals surface area contributed by atoms with Crippen molar-refractivity contribution in [1.82, 2.24) is 9.88 Å². The molecule has 1 saturated heterocycles. The van der Waals surface area contributed by atoms with Crippen LogP contribution in [0.3, 0.4) is 0 Å². The van der Waals surface area contributed by atoms with Crippen LogP contribution in [0.1, 0.15) is 19.5 Å². The second kappa shape index (κ2) is 6.54. The topological polar surface area (TPSA) is 82.5 Å². The highest BCUT2D eigenvalue weighted by Gasteiger charge is 2.33. The lowest BCUT2D eigenvalue weighted by Crippen LogP contribution is -2.33. The van der Waals surface area contributed by atoms with Crippen molar-refractivity contribution in [2.75, 3.05) is 11.9 Å². The van der Waals surface area contributed by atoms with Crippen LogP contribution >= 0.6 is 35.3 Å². The number of nitrogens with one attached hydrogen (secondary N) is 1. The van der Waals surface area contributed by atoms with Gasteiger partial charge in [-0.2, -0.15) is 0 Å². The molecule has 2 heterocycles. The van der Waals surface area contributed by atoms with Gasteiger partial charge in [0.05, 0.1) is 10.6 Å². The third-order valence-corrected chi connectivity index (χ3v) is 4.55. The lowest BCUT2D eigenvalue weighted by atomic mass is 10.3. The summed E-state index contributed by atoms with van der Waals surface area (Å²) in [6, 6.07) is 0.276. The molecule has 1 fully saturated rings. The fourth-order valence-electron chi connectivity index (χ4n) is 1.57. The summed E-state index contributed by atoms with van der Waals surface area (Å²) in [5.74, 6) is -1.48. The SMILES string of the molecule is CC(C)Nc1nc(/C=C2\SC(=S)N(CC(=O)O)C2=O)cs1. The van der Waals surface area contributed by atoms with Crippen LogP contribution in [0, 0.1) is 0 Å². The maximum atomic E-state index is 12.1. The number of carboxylic acid groups (broad SMARTS) is 1. The van der Waals surface area contributed by atoms with Gasteiger partial charge in [0.25, 0.3) is 5.91 Å². The minimum atomic E-state index is -1.09. The average Bonchev–Trinajstić information content (AvgIpc) is 2.89. The molecule has 0 radical (unpaired) electrons. The van der Waals surface area contributed by atoms with Crippen LogP contribution < -0.4 is 5.32 Å². The van der Waals surface area contributed by atoms with E-state index in [1.165, 1.54) is 11.3 Å². The lowest BCUT2D eigenvalue weighted by molar-refractivity contribution is -0.140. The zero-order chi connectivity index (χ0) is 15.6. The molecule has 2 rings (SSSR count). The highest BCUT2D eigenvalue weighted by molar-refractivity contribution is 8.26. The molecule has 1 aliphatic heterocycles. The third-order valence-electron chi connectivity index (χ3n) is 2.38. The van der Waals surface area contributed by atoms with E-state index in [9.17, 15) is 9.59 Å². The normalized spacial score (nSPS) is 17.1. The Hall–Kier alpha value is -1.45. The summed E-state index contributed by atoms with van der Waals surface area (Å²) in [4.78, 5) is 28.6. The van der Waals surface area contributed by atoms with E-state index in [1.54, 1.807) is 6.08 Å². The van der Waals surface area contributed by atoms with E-state index < -0.39 is 18.4 Å². The molecule has 1 aromatic rings. The molecule has 0 bridgehead atoms. The number of carboxylic acids is 1. The fourth-order valence-corrected chi connectivity index (χ4v) is 3.63. The molecule has 0 aromatic carbocycles. The molecule has 1 amide bonds. The maximum Gasteiger partial charge on any atom is 0.323 e. The average molecular weight is 343 g/mol. The zero-order valence-corrected chi connectivity index (χ0v) is 13.8. The van der Waals surface area contributed by atoms with E-state index in [-0.39, 0.29) is 10.4 Å². The summed E-state index contributed by atoms with van der Waals surface area (Å²) in [6.45, 7) is 3.61. The van der Waals surface area contributed by atoms with E-state index in [2.05, 4.69) is 10.3 Å². The molecule has 2 N–H and O–H groups in total. The van der Waals surface area contributed by atoms with E-state index in [0.717, 1.165) is 21.8 Å². The Morgan fingerprint density at radius 1 is 1.62 bits per heavy atom. The highest BCUT2D eigenvalue weighted by Crippen LogP contribution is 2.32. The summed E-state index contributed by atoms with van der Waals surface area (Å²) in [5, 5.41) is 14.6. The Labute approximate surface area is 135 Å². The van der Waals surface area contributed by atoms with Gasteiger partial charge in [-0.25, -0.2) is 4.98 Å². The first-order valence-electron chi connectivity index (χ1n) is 6.06. The van der Waals surface area contributed by atoms with Gasteiger partial charge in [-0.15, -0.1) is 11.3 Å². The maximum absolute atomic E-state index is 12.1. The van der Waals surface area contributed by atoms with Crippen LogP contribution in [-0.4, -0.2) is 43.8 Å². The Kier molecular flexibility index (Phi) is 4.96. The van der Waals surface area contributed by atoms with Crippen molar-refractivity contribution in [2.24, 2.45) is 0 Å². The number of carbonyl (C=O) groups is 2. The molecule has 1 aliphatic rings. The number of amides is 1. The Morgan fingerprint density at radius 2 is 2.33 bits per heavy atom. The van der Waals surface area contributed by atoms with Gasteiger partial charge in [0, 0.05) is 11.4 Å². The largest absolute Gasteiger partial charge is 0.480 e. The first kappa shape index (κ1) is 15.9. The molecule has 9 heteroatoms. The molecule has 0 aliphatic carbocycles. The Bertz CT molecular complexity index is 624. The zero-order valence-electron chi connectivity index (χ0n) is 11.3. The van der Waals surface area contributed by atoms with Crippen LogP contribution in [0.25, 0.3) is 6.08 Å². The van der Waals surface area contributed by atoms with Gasteiger partial charge in [0.15, 0.2) is 5.13 Å². The molecular formula is C12H13N3O3S3. The van der Waals surface area contributed by atoms with Gasteiger partial charge in [0.2, 0.25) is 0 Å². The number of aliphatic carboxylic acids is 1. The van der Waals surface area contributed by atoms with Crippen LogP contribution in [0.2, 0.25) is 0 Å². The van der Waals surface area contributed by atoms with Gasteiger partial charge in [-0.05, 0) is 19.9 Å². The van der Waals surface area contributed by atoms with Crippen molar-refractivity contribution in [3.63, 3.8) is 0 Å². The summed E-state index contributed by atoms with van der Waals surface area (Å²) in [6.07, 6.45) is 1.63. The van der Waals surface area contributed by atoms with E-state index >= 15 is 0 Å². The lowest BCUT2D eigenvalue weighted by Gasteiger charge is -2.09. The summed E-state index contributed by atoms with van der Waals surface area (Å²) in [5.41, 5.74) is 0.652. The minimum Gasteiger partial charge on any atom is -0.480 e. The minimum absolute atomic E-state index is 0.254. The number of thioether (sulfide) groups is 1. The van der Waals surface area contributed by atoms with Crippen LogP contribution in [0.4, 0.5) is 5.13 Å². The first-order valence-corrected chi connectivity index (χ1v) is 8.16. The van der Waals surface area contributed by atoms with Crippen molar-refractivity contribution >= 4 is 62.7 Å². The van der Waals surface area contributed by atoms with Crippen molar-refractivity contribution in [3.05, 3.63) is 16.0 Å². The van der Waals surface area contributed by atoms with Gasteiger partial charge in [-0.3, -0.25) is 14.5 Å². The highest BCUT2D eigenvalue weighted by atomic mass is 32.2. The fraction of sp³-hybridized carbons (Fsp3) is 0.333. The smallest absolute Gasteiger partial charge is 0.323 e. The van der Waals surface area contributed by atoms with Crippen molar-refractivity contribution in [2.45, 2.75) is 19.9 Å². The van der Waals surface area contributed by atoms with Gasteiger partial charge in [0.1, 0.15) is 10.9 Å².